The predicted octanol–water partition coefficient (Wildman–Crippen LogP) is 2.33. The molecule has 0 aromatic carbocycles. The third-order valence-electron chi connectivity index (χ3n) is 1.34. The van der Waals surface area contributed by atoms with Crippen molar-refractivity contribution in [2.24, 2.45) is 5.73 Å². The van der Waals surface area contributed by atoms with Gasteiger partial charge in [0.2, 0.25) is 0 Å². The smallest absolute Gasteiger partial charge is 0.181 e. The molecule has 0 aliphatic heterocycles. The molecule has 1 heterocycles. The highest BCUT2D eigenvalue weighted by molar-refractivity contribution is 8.93. The lowest BCUT2D eigenvalue weighted by molar-refractivity contribution is 0.522. The first-order valence-corrected chi connectivity index (χ1v) is 4.67. The summed E-state index contributed by atoms with van der Waals surface area (Å²) in [5, 5.41) is 0. The summed E-state index contributed by atoms with van der Waals surface area (Å²) >= 11 is 1.77. The Labute approximate surface area is 103 Å². The minimum Gasteiger partial charge on any atom is -0.447 e. The zero-order valence-corrected chi connectivity index (χ0v) is 11.6. The Hall–Kier alpha value is 0.480. The van der Waals surface area contributed by atoms with Crippen molar-refractivity contribution in [1.82, 2.24) is 4.98 Å². The van der Waals surface area contributed by atoms with Gasteiger partial charge in [0.05, 0.1) is 11.4 Å². The molecular formula is C7H14Br2N2OS. The summed E-state index contributed by atoms with van der Waals surface area (Å²) in [6, 6.07) is 0. The maximum Gasteiger partial charge on any atom is 0.181 e. The van der Waals surface area contributed by atoms with Gasteiger partial charge in [-0.15, -0.1) is 34.0 Å². The molecule has 0 saturated heterocycles. The predicted molar refractivity (Wildman–Crippen MR) is 67.1 cm³/mol. The fourth-order valence-electron chi connectivity index (χ4n) is 0.713. The van der Waals surface area contributed by atoms with Crippen LogP contribution in [0.15, 0.2) is 10.8 Å². The van der Waals surface area contributed by atoms with Crippen molar-refractivity contribution in [2.75, 3.05) is 12.3 Å². The van der Waals surface area contributed by atoms with Gasteiger partial charge in [-0.1, -0.05) is 0 Å². The largest absolute Gasteiger partial charge is 0.447 e. The molecule has 1 rings (SSSR count). The SMILES string of the molecule is Br.Br.Cc1ncoc1CSCCN. The van der Waals surface area contributed by atoms with Gasteiger partial charge in [-0.3, -0.25) is 0 Å². The molecule has 0 aliphatic carbocycles. The van der Waals surface area contributed by atoms with E-state index in [1.807, 2.05) is 6.92 Å². The van der Waals surface area contributed by atoms with Gasteiger partial charge >= 0.3 is 0 Å². The fourth-order valence-corrected chi connectivity index (χ4v) is 1.49. The van der Waals surface area contributed by atoms with E-state index in [0.29, 0.717) is 0 Å². The van der Waals surface area contributed by atoms with Crippen LogP contribution in [-0.4, -0.2) is 17.3 Å². The maximum absolute atomic E-state index is 5.34. The third kappa shape index (κ3) is 5.72. The van der Waals surface area contributed by atoms with Gasteiger partial charge in [0.25, 0.3) is 0 Å². The Morgan fingerprint density at radius 3 is 2.69 bits per heavy atom. The van der Waals surface area contributed by atoms with Crippen LogP contribution < -0.4 is 5.73 Å². The molecule has 6 heteroatoms. The van der Waals surface area contributed by atoms with Crippen molar-refractivity contribution < 1.29 is 4.42 Å². The van der Waals surface area contributed by atoms with E-state index in [1.165, 1.54) is 6.39 Å². The number of hydrogen-bond donors (Lipinski definition) is 1. The Morgan fingerprint density at radius 2 is 2.23 bits per heavy atom. The summed E-state index contributed by atoms with van der Waals surface area (Å²) in [6.45, 7) is 2.67. The topological polar surface area (TPSA) is 52.0 Å². The summed E-state index contributed by atoms with van der Waals surface area (Å²) in [6.07, 6.45) is 1.48. The van der Waals surface area contributed by atoms with E-state index in [9.17, 15) is 0 Å². The Bertz CT molecular complexity index is 220. The van der Waals surface area contributed by atoms with E-state index >= 15 is 0 Å². The van der Waals surface area contributed by atoms with Crippen molar-refractivity contribution in [2.45, 2.75) is 12.7 Å². The van der Waals surface area contributed by atoms with E-state index in [0.717, 1.165) is 29.5 Å². The number of thioether (sulfide) groups is 1. The number of oxazole rings is 1. The molecule has 1 aromatic rings. The van der Waals surface area contributed by atoms with Gasteiger partial charge in [0, 0.05) is 12.3 Å². The highest BCUT2D eigenvalue weighted by Crippen LogP contribution is 2.13. The third-order valence-corrected chi connectivity index (χ3v) is 2.33. The van der Waals surface area contributed by atoms with Crippen LogP contribution in [0.1, 0.15) is 11.5 Å². The van der Waals surface area contributed by atoms with Crippen molar-refractivity contribution in [1.29, 1.82) is 0 Å². The molecule has 78 valence electrons. The molecule has 0 amide bonds. The number of rotatable bonds is 4. The van der Waals surface area contributed by atoms with Crippen LogP contribution in [0.2, 0.25) is 0 Å². The second-order valence-corrected chi connectivity index (χ2v) is 3.31. The summed E-state index contributed by atoms with van der Waals surface area (Å²) < 4.78 is 5.14. The second kappa shape index (κ2) is 9.05. The quantitative estimate of drug-likeness (QED) is 0.859. The van der Waals surface area contributed by atoms with Gasteiger partial charge < -0.3 is 10.2 Å². The Kier molecular flexibility index (Phi) is 11.1. The zero-order chi connectivity index (χ0) is 8.10. The Balaban J connectivity index is 0. The van der Waals surface area contributed by atoms with Crippen LogP contribution in [0, 0.1) is 6.92 Å². The van der Waals surface area contributed by atoms with Crippen molar-refractivity contribution in [3.8, 4) is 0 Å². The minimum absolute atomic E-state index is 0. The monoisotopic (exact) mass is 332 g/mol. The lowest BCUT2D eigenvalue weighted by atomic mass is 10.4. The van der Waals surface area contributed by atoms with E-state index in [2.05, 4.69) is 4.98 Å². The van der Waals surface area contributed by atoms with Crippen molar-refractivity contribution in [3.63, 3.8) is 0 Å². The van der Waals surface area contributed by atoms with Gasteiger partial charge in [0.1, 0.15) is 5.76 Å². The molecule has 0 bridgehead atoms. The van der Waals surface area contributed by atoms with Gasteiger partial charge in [0.15, 0.2) is 6.39 Å². The van der Waals surface area contributed by atoms with Gasteiger partial charge in [-0.2, -0.15) is 11.8 Å². The molecule has 2 N–H and O–H groups in total. The van der Waals surface area contributed by atoms with E-state index in [-0.39, 0.29) is 34.0 Å². The molecule has 3 nitrogen and oxygen atoms in total. The van der Waals surface area contributed by atoms with Crippen LogP contribution in [0.4, 0.5) is 0 Å². The molecule has 0 saturated carbocycles. The van der Waals surface area contributed by atoms with Crippen LogP contribution in [0.3, 0.4) is 0 Å². The van der Waals surface area contributed by atoms with Crippen molar-refractivity contribution >= 4 is 45.7 Å². The molecule has 0 spiro atoms. The lowest BCUT2D eigenvalue weighted by Gasteiger charge is -1.95. The highest BCUT2D eigenvalue weighted by Gasteiger charge is 2.01. The number of aromatic nitrogens is 1. The summed E-state index contributed by atoms with van der Waals surface area (Å²) in [7, 11) is 0. The van der Waals surface area contributed by atoms with Crippen LogP contribution in [-0.2, 0) is 5.75 Å². The normalized spacial score (nSPS) is 8.77. The van der Waals surface area contributed by atoms with E-state index < -0.39 is 0 Å². The van der Waals surface area contributed by atoms with Crippen LogP contribution in [0.25, 0.3) is 0 Å². The van der Waals surface area contributed by atoms with Crippen molar-refractivity contribution in [3.05, 3.63) is 17.8 Å². The standard InChI is InChI=1S/C7H12N2OS.2BrH/c1-6-7(10-5-9-6)4-11-3-2-8;;/h5H,2-4,8H2,1H3;2*1H. The average Bonchev–Trinajstić information content (AvgIpc) is 2.37. The number of halogens is 2. The summed E-state index contributed by atoms with van der Waals surface area (Å²) in [5.74, 6) is 2.81. The molecule has 0 atom stereocenters. The summed E-state index contributed by atoms with van der Waals surface area (Å²) in [5.41, 5.74) is 6.32. The van der Waals surface area contributed by atoms with E-state index in [4.69, 9.17) is 10.2 Å². The number of nitrogens with zero attached hydrogens (tertiary/aromatic N) is 1. The first-order chi connectivity index (χ1) is 5.34. The first-order valence-electron chi connectivity index (χ1n) is 3.51. The van der Waals surface area contributed by atoms with Gasteiger partial charge in [-0.25, -0.2) is 4.98 Å². The van der Waals surface area contributed by atoms with Crippen LogP contribution >= 0.6 is 45.7 Å². The average molecular weight is 334 g/mol. The highest BCUT2D eigenvalue weighted by atomic mass is 79.9. The molecular weight excluding hydrogens is 320 g/mol. The Morgan fingerprint density at radius 1 is 1.54 bits per heavy atom. The second-order valence-electron chi connectivity index (χ2n) is 2.20. The zero-order valence-electron chi connectivity index (χ0n) is 7.36. The number of nitrogens with two attached hydrogens (primary N) is 1. The van der Waals surface area contributed by atoms with E-state index in [1.54, 1.807) is 11.8 Å². The van der Waals surface area contributed by atoms with Crippen LogP contribution in [0.5, 0.6) is 0 Å². The number of aryl methyl sites for hydroxylation is 1. The lowest BCUT2D eigenvalue weighted by Crippen LogP contribution is -2.01. The molecule has 13 heavy (non-hydrogen) atoms. The molecule has 0 fully saturated rings. The maximum atomic E-state index is 5.34. The molecule has 0 radical (unpaired) electrons. The minimum atomic E-state index is 0. The summed E-state index contributed by atoms with van der Waals surface area (Å²) in [4.78, 5) is 3.98. The molecule has 1 aromatic heterocycles. The van der Waals surface area contributed by atoms with Gasteiger partial charge in [-0.05, 0) is 6.92 Å². The number of hydrogen-bond acceptors (Lipinski definition) is 4. The molecule has 0 aliphatic rings. The first kappa shape index (κ1) is 15.9. The fraction of sp³-hybridized carbons (Fsp3) is 0.571. The molecule has 0 unspecified atom stereocenters.